The molecule has 21 heavy (non-hydrogen) atoms. The van der Waals surface area contributed by atoms with Gasteiger partial charge in [-0.2, -0.15) is 0 Å². The van der Waals surface area contributed by atoms with E-state index in [9.17, 15) is 4.79 Å². The molecule has 1 aromatic carbocycles. The quantitative estimate of drug-likeness (QED) is 0.646. The van der Waals surface area contributed by atoms with Crippen LogP contribution in [0.5, 0.6) is 5.75 Å². The molecule has 5 nitrogen and oxygen atoms in total. The van der Waals surface area contributed by atoms with Gasteiger partial charge < -0.3 is 9.72 Å². The molecule has 3 rings (SSSR count). The Morgan fingerprint density at radius 1 is 1.38 bits per heavy atom. The van der Waals surface area contributed by atoms with E-state index in [1.807, 2.05) is 18.2 Å². The summed E-state index contributed by atoms with van der Waals surface area (Å²) in [4.78, 5) is 20.1. The van der Waals surface area contributed by atoms with Gasteiger partial charge in [-0.25, -0.2) is 4.98 Å². The van der Waals surface area contributed by atoms with Gasteiger partial charge in [0.2, 0.25) is 5.95 Å². The number of amides is 1. The van der Waals surface area contributed by atoms with E-state index < -0.39 is 0 Å². The van der Waals surface area contributed by atoms with Crippen LogP contribution < -0.4 is 10.1 Å². The van der Waals surface area contributed by atoms with Gasteiger partial charge in [-0.15, -0.1) is 11.3 Å². The number of thiophene rings is 1. The molecule has 0 bridgehead atoms. The minimum absolute atomic E-state index is 0.211. The smallest absolute Gasteiger partial charge is 0.268 e. The second kappa shape index (κ2) is 5.78. The third kappa shape index (κ3) is 2.97. The van der Waals surface area contributed by atoms with E-state index in [-0.39, 0.29) is 5.91 Å². The van der Waals surface area contributed by atoms with Crippen LogP contribution in [-0.4, -0.2) is 23.0 Å². The Morgan fingerprint density at radius 2 is 2.19 bits per heavy atom. The number of hydrogen-bond acceptors (Lipinski definition) is 4. The molecule has 0 saturated heterocycles. The lowest BCUT2D eigenvalue weighted by atomic mass is 10.3. The predicted octanol–water partition coefficient (Wildman–Crippen LogP) is 4.41. The Balaban J connectivity index is 1.85. The van der Waals surface area contributed by atoms with Gasteiger partial charge in [0, 0.05) is 10.5 Å². The molecule has 0 unspecified atom stereocenters. The molecule has 2 aromatic heterocycles. The van der Waals surface area contributed by atoms with Gasteiger partial charge in [-0.1, -0.05) is 0 Å². The molecule has 0 fully saturated rings. The molecular weight excluding hydrogens is 422 g/mol. The number of imidazole rings is 1. The van der Waals surface area contributed by atoms with Gasteiger partial charge in [-0.05, 0) is 50.1 Å². The molecule has 0 aliphatic rings. The molecule has 0 radical (unpaired) electrons. The van der Waals surface area contributed by atoms with Gasteiger partial charge in [0.05, 0.1) is 26.8 Å². The van der Waals surface area contributed by atoms with Crippen molar-refractivity contribution in [3.8, 4) is 5.75 Å². The number of ether oxygens (including phenoxy) is 1. The maximum Gasteiger partial charge on any atom is 0.268 e. The van der Waals surface area contributed by atoms with Crippen LogP contribution in [0.1, 0.15) is 9.67 Å². The maximum atomic E-state index is 12.2. The lowest BCUT2D eigenvalue weighted by Gasteiger charge is -1.97. The maximum absolute atomic E-state index is 12.2. The Kier molecular flexibility index (Phi) is 4.01. The first-order valence-corrected chi connectivity index (χ1v) is 8.27. The zero-order valence-corrected chi connectivity index (χ0v) is 14.7. The number of hydrogen-bond donors (Lipinski definition) is 2. The fourth-order valence-corrected chi connectivity index (χ4v) is 3.73. The lowest BCUT2D eigenvalue weighted by molar-refractivity contribution is 0.103. The first kappa shape index (κ1) is 14.6. The van der Waals surface area contributed by atoms with E-state index in [0.717, 1.165) is 25.0 Å². The number of rotatable bonds is 3. The van der Waals surface area contributed by atoms with Crippen molar-refractivity contribution < 1.29 is 9.53 Å². The highest BCUT2D eigenvalue weighted by Crippen LogP contribution is 2.32. The van der Waals surface area contributed by atoms with Gasteiger partial charge >= 0.3 is 0 Å². The fraction of sp³-hybridized carbons (Fsp3) is 0.0769. The zero-order valence-electron chi connectivity index (χ0n) is 10.7. The Labute approximate surface area is 141 Å². The Morgan fingerprint density at radius 3 is 2.86 bits per heavy atom. The molecule has 0 spiro atoms. The number of carbonyl (C=O) groups excluding carboxylic acids is 1. The van der Waals surface area contributed by atoms with E-state index in [1.54, 1.807) is 13.2 Å². The van der Waals surface area contributed by atoms with Gasteiger partial charge in [0.15, 0.2) is 0 Å². The second-order valence-corrected chi connectivity index (χ2v) is 7.38. The summed E-state index contributed by atoms with van der Waals surface area (Å²) in [6.45, 7) is 0. The summed E-state index contributed by atoms with van der Waals surface area (Å²) in [6, 6.07) is 7.24. The number of fused-ring (bicyclic) bond motifs is 1. The number of nitrogens with one attached hydrogen (secondary N) is 2. The fourth-order valence-electron chi connectivity index (χ4n) is 1.80. The molecule has 108 valence electrons. The molecule has 8 heteroatoms. The Bertz CT molecular complexity index is 809. The summed E-state index contributed by atoms with van der Waals surface area (Å²) in [5, 5.41) is 2.75. The van der Waals surface area contributed by atoms with Crippen molar-refractivity contribution in [2.24, 2.45) is 0 Å². The number of benzene rings is 1. The van der Waals surface area contributed by atoms with Crippen molar-refractivity contribution in [1.82, 2.24) is 9.97 Å². The first-order chi connectivity index (χ1) is 10.1. The molecule has 2 N–H and O–H groups in total. The van der Waals surface area contributed by atoms with Crippen LogP contribution in [0.2, 0.25) is 0 Å². The summed E-state index contributed by atoms with van der Waals surface area (Å²) in [6.07, 6.45) is 0. The number of aromatic nitrogens is 2. The minimum Gasteiger partial charge on any atom is -0.497 e. The number of nitrogens with zero attached hydrogens (tertiary/aromatic N) is 1. The van der Waals surface area contributed by atoms with E-state index in [0.29, 0.717) is 10.8 Å². The molecular formula is C13H9Br2N3O2S. The number of H-pyrrole nitrogens is 1. The first-order valence-electron chi connectivity index (χ1n) is 5.87. The second-order valence-electron chi connectivity index (χ2n) is 4.15. The topological polar surface area (TPSA) is 67.0 Å². The highest BCUT2D eigenvalue weighted by Gasteiger charge is 2.14. The van der Waals surface area contributed by atoms with E-state index in [4.69, 9.17) is 4.74 Å². The highest BCUT2D eigenvalue weighted by atomic mass is 79.9. The van der Waals surface area contributed by atoms with Crippen LogP contribution in [0, 0.1) is 0 Å². The average molecular weight is 431 g/mol. The number of carbonyl (C=O) groups is 1. The molecule has 0 aliphatic heterocycles. The summed E-state index contributed by atoms with van der Waals surface area (Å²) in [7, 11) is 1.60. The van der Waals surface area contributed by atoms with Crippen LogP contribution in [0.4, 0.5) is 5.95 Å². The standard InChI is InChI=1S/C13H9Br2N3O2S/c1-20-6-2-3-8-9(4-6)17-13(16-8)18-12(19)10-5-7(14)11(15)21-10/h2-5H,1H3,(H2,16,17,18,19). The number of aromatic amines is 1. The van der Waals surface area contributed by atoms with E-state index >= 15 is 0 Å². The minimum atomic E-state index is -0.211. The molecule has 0 saturated carbocycles. The molecule has 0 atom stereocenters. The van der Waals surface area contributed by atoms with Crippen molar-refractivity contribution in [3.05, 3.63) is 37.4 Å². The Hall–Kier alpha value is -1.38. The van der Waals surface area contributed by atoms with E-state index in [2.05, 4.69) is 47.1 Å². The number of halogens is 2. The molecule has 0 aliphatic carbocycles. The molecule has 3 aromatic rings. The van der Waals surface area contributed by atoms with Crippen molar-refractivity contribution in [1.29, 1.82) is 0 Å². The van der Waals surface area contributed by atoms with Crippen LogP contribution in [0.3, 0.4) is 0 Å². The van der Waals surface area contributed by atoms with E-state index in [1.165, 1.54) is 11.3 Å². The zero-order chi connectivity index (χ0) is 15.0. The predicted molar refractivity (Wildman–Crippen MR) is 90.3 cm³/mol. The molecule has 1 amide bonds. The SMILES string of the molecule is COc1ccc2nc(NC(=O)c3cc(Br)c(Br)s3)[nH]c2c1. The van der Waals surface area contributed by atoms with Crippen molar-refractivity contribution in [2.45, 2.75) is 0 Å². The van der Waals surface area contributed by atoms with Crippen molar-refractivity contribution in [3.63, 3.8) is 0 Å². The highest BCUT2D eigenvalue weighted by molar-refractivity contribution is 9.13. The van der Waals surface area contributed by atoms with Crippen molar-refractivity contribution >= 4 is 66.1 Å². The third-order valence-electron chi connectivity index (χ3n) is 2.79. The number of anilines is 1. The van der Waals surface area contributed by atoms with Crippen LogP contribution in [0.25, 0.3) is 11.0 Å². The largest absolute Gasteiger partial charge is 0.497 e. The lowest BCUT2D eigenvalue weighted by Crippen LogP contribution is -2.11. The van der Waals surface area contributed by atoms with Gasteiger partial charge in [0.25, 0.3) is 5.91 Å². The summed E-state index contributed by atoms with van der Waals surface area (Å²) in [5.41, 5.74) is 1.57. The summed E-state index contributed by atoms with van der Waals surface area (Å²) >= 11 is 8.08. The normalized spacial score (nSPS) is 10.8. The van der Waals surface area contributed by atoms with Crippen molar-refractivity contribution in [2.75, 3.05) is 12.4 Å². The average Bonchev–Trinajstić information content (AvgIpc) is 3.01. The third-order valence-corrected chi connectivity index (χ3v) is 6.04. The van der Waals surface area contributed by atoms with Gasteiger partial charge in [0.1, 0.15) is 5.75 Å². The summed E-state index contributed by atoms with van der Waals surface area (Å²) < 4.78 is 6.88. The van der Waals surface area contributed by atoms with Crippen LogP contribution >= 0.6 is 43.2 Å². The summed E-state index contributed by atoms with van der Waals surface area (Å²) in [5.74, 6) is 0.927. The van der Waals surface area contributed by atoms with Crippen LogP contribution in [-0.2, 0) is 0 Å². The van der Waals surface area contributed by atoms with Gasteiger partial charge in [-0.3, -0.25) is 10.1 Å². The number of methoxy groups -OCH3 is 1. The van der Waals surface area contributed by atoms with Crippen LogP contribution in [0.15, 0.2) is 32.5 Å². The monoisotopic (exact) mass is 429 g/mol. The molecule has 2 heterocycles.